The molecule has 0 aliphatic carbocycles. The van der Waals surface area contributed by atoms with E-state index in [1.807, 2.05) is 18.2 Å². The first kappa shape index (κ1) is 11.0. The van der Waals surface area contributed by atoms with E-state index < -0.39 is 5.60 Å². The second kappa shape index (κ2) is 4.58. The van der Waals surface area contributed by atoms with Gasteiger partial charge in [0.25, 0.3) is 0 Å². The third-order valence-electron chi connectivity index (χ3n) is 2.32. The van der Waals surface area contributed by atoms with E-state index in [1.165, 1.54) is 5.56 Å². The van der Waals surface area contributed by atoms with E-state index in [-0.39, 0.29) is 0 Å². The van der Waals surface area contributed by atoms with Gasteiger partial charge in [0.2, 0.25) is 5.60 Å². The smallest absolute Gasteiger partial charge is 0.225 e. The van der Waals surface area contributed by atoms with Crippen molar-refractivity contribution in [1.29, 1.82) is 5.26 Å². The van der Waals surface area contributed by atoms with Crippen molar-refractivity contribution in [1.82, 2.24) is 0 Å². The number of nitriles is 1. The van der Waals surface area contributed by atoms with Gasteiger partial charge in [0.15, 0.2) is 0 Å². The molecule has 0 aromatic heterocycles. The molecule has 16 heavy (non-hydrogen) atoms. The Balaban J connectivity index is 1.88. The van der Waals surface area contributed by atoms with Crippen LogP contribution in [0.1, 0.15) is 18.9 Å². The molecule has 0 N–H and O–H groups in total. The number of benzene rings is 1. The zero-order valence-electron chi connectivity index (χ0n) is 9.01. The fraction of sp³-hybridized carbons (Fsp3) is 0.333. The maximum atomic E-state index is 8.87. The quantitative estimate of drug-likeness (QED) is 0.787. The van der Waals surface area contributed by atoms with Crippen molar-refractivity contribution < 1.29 is 4.84 Å². The van der Waals surface area contributed by atoms with Crippen LogP contribution >= 0.6 is 11.8 Å². The Bertz CT molecular complexity index is 438. The van der Waals surface area contributed by atoms with Crippen molar-refractivity contribution in [3.8, 4) is 6.07 Å². The Morgan fingerprint density at radius 2 is 2.25 bits per heavy atom. The van der Waals surface area contributed by atoms with Gasteiger partial charge in [-0.05, 0) is 12.5 Å². The summed E-state index contributed by atoms with van der Waals surface area (Å²) in [5, 5.41) is 13.7. The monoisotopic (exact) mass is 232 g/mol. The lowest BCUT2D eigenvalue weighted by Crippen LogP contribution is -2.20. The van der Waals surface area contributed by atoms with Crippen molar-refractivity contribution in [2.24, 2.45) is 5.16 Å². The Hall–Kier alpha value is -1.47. The van der Waals surface area contributed by atoms with Crippen LogP contribution in [0.2, 0.25) is 0 Å². The van der Waals surface area contributed by atoms with Gasteiger partial charge in [-0.25, -0.2) is 0 Å². The van der Waals surface area contributed by atoms with Gasteiger partial charge in [-0.1, -0.05) is 35.5 Å². The summed E-state index contributed by atoms with van der Waals surface area (Å²) < 4.78 is 0. The van der Waals surface area contributed by atoms with Gasteiger partial charge in [0.05, 0.1) is 6.42 Å². The van der Waals surface area contributed by atoms with Crippen LogP contribution in [0.15, 0.2) is 35.5 Å². The highest BCUT2D eigenvalue weighted by atomic mass is 32.2. The average molecular weight is 232 g/mol. The van der Waals surface area contributed by atoms with Crippen LogP contribution in [-0.2, 0) is 10.6 Å². The highest BCUT2D eigenvalue weighted by Gasteiger charge is 2.34. The number of thioether (sulfide) groups is 1. The number of nitrogens with zero attached hydrogens (tertiary/aromatic N) is 2. The van der Waals surface area contributed by atoms with Crippen LogP contribution < -0.4 is 0 Å². The van der Waals surface area contributed by atoms with Gasteiger partial charge in [-0.3, -0.25) is 0 Å². The van der Waals surface area contributed by atoms with Crippen molar-refractivity contribution in [2.75, 3.05) is 0 Å². The Morgan fingerprint density at radius 3 is 2.88 bits per heavy atom. The lowest BCUT2D eigenvalue weighted by atomic mass is 10.1. The molecule has 0 saturated carbocycles. The molecular formula is C12H12N2OS. The minimum Gasteiger partial charge on any atom is -0.373 e. The number of hydrogen-bond donors (Lipinski definition) is 0. The van der Waals surface area contributed by atoms with Crippen LogP contribution in [0.5, 0.6) is 0 Å². The first-order valence-electron chi connectivity index (χ1n) is 5.05. The Labute approximate surface area is 99.1 Å². The molecule has 1 aliphatic heterocycles. The molecule has 1 aromatic carbocycles. The van der Waals surface area contributed by atoms with E-state index in [0.29, 0.717) is 6.42 Å². The van der Waals surface area contributed by atoms with E-state index in [4.69, 9.17) is 10.1 Å². The second-order valence-electron chi connectivity index (χ2n) is 3.87. The summed E-state index contributed by atoms with van der Waals surface area (Å²) >= 11 is 1.63. The van der Waals surface area contributed by atoms with Gasteiger partial charge in [-0.15, -0.1) is 11.8 Å². The summed E-state index contributed by atoms with van der Waals surface area (Å²) in [5.74, 6) is 0.866. The lowest BCUT2D eigenvalue weighted by Gasteiger charge is -2.09. The maximum Gasteiger partial charge on any atom is 0.225 e. The SMILES string of the molecule is CC1(C#N)CC(SCc2ccccc2)=NO1. The van der Waals surface area contributed by atoms with E-state index in [1.54, 1.807) is 18.7 Å². The molecule has 3 nitrogen and oxygen atoms in total. The zero-order valence-corrected chi connectivity index (χ0v) is 9.83. The lowest BCUT2D eigenvalue weighted by molar-refractivity contribution is 0.0425. The molecule has 1 atom stereocenters. The summed E-state index contributed by atoms with van der Waals surface area (Å²) in [6.07, 6.45) is 0.584. The topological polar surface area (TPSA) is 45.4 Å². The van der Waals surface area contributed by atoms with Crippen LogP contribution in [0, 0.1) is 11.3 Å². The molecule has 4 heteroatoms. The van der Waals surface area contributed by atoms with Gasteiger partial charge in [0.1, 0.15) is 11.1 Å². The van der Waals surface area contributed by atoms with Gasteiger partial charge < -0.3 is 4.84 Å². The minimum absolute atomic E-state index is 0.584. The van der Waals surface area contributed by atoms with Crippen LogP contribution in [0.25, 0.3) is 0 Å². The predicted molar refractivity (Wildman–Crippen MR) is 64.9 cm³/mol. The molecule has 0 amide bonds. The van der Waals surface area contributed by atoms with E-state index >= 15 is 0 Å². The summed E-state index contributed by atoms with van der Waals surface area (Å²) in [6, 6.07) is 12.3. The van der Waals surface area contributed by atoms with Gasteiger partial charge >= 0.3 is 0 Å². The van der Waals surface area contributed by atoms with Gasteiger partial charge in [-0.2, -0.15) is 5.26 Å². The summed E-state index contributed by atoms with van der Waals surface area (Å²) in [5.41, 5.74) is 0.486. The van der Waals surface area contributed by atoms with Crippen molar-refractivity contribution in [2.45, 2.75) is 24.7 Å². The maximum absolute atomic E-state index is 8.87. The fourth-order valence-electron chi connectivity index (χ4n) is 1.38. The molecule has 82 valence electrons. The zero-order chi connectivity index (χ0) is 11.4. The molecule has 0 bridgehead atoms. The summed E-state index contributed by atoms with van der Waals surface area (Å²) in [4.78, 5) is 5.10. The Kier molecular flexibility index (Phi) is 3.16. The molecule has 0 spiro atoms. The predicted octanol–water partition coefficient (Wildman–Crippen LogP) is 2.94. The Morgan fingerprint density at radius 1 is 1.50 bits per heavy atom. The first-order chi connectivity index (χ1) is 7.72. The third-order valence-corrected chi connectivity index (χ3v) is 3.35. The van der Waals surface area contributed by atoms with Crippen molar-refractivity contribution >= 4 is 16.8 Å². The molecule has 1 aromatic rings. The molecule has 0 saturated heterocycles. The largest absolute Gasteiger partial charge is 0.373 e. The summed E-state index contributed by atoms with van der Waals surface area (Å²) in [7, 11) is 0. The standard InChI is InChI=1S/C12H12N2OS/c1-12(9-13)7-11(14-15-12)16-8-10-5-3-2-4-6-10/h2-6H,7-8H2,1H3. The molecule has 2 rings (SSSR count). The summed E-state index contributed by atoms with van der Waals surface area (Å²) in [6.45, 7) is 1.76. The highest BCUT2D eigenvalue weighted by molar-refractivity contribution is 8.13. The normalized spacial score (nSPS) is 23.4. The molecule has 1 aliphatic rings. The van der Waals surface area contributed by atoms with Crippen LogP contribution in [-0.4, -0.2) is 10.6 Å². The number of hydrogen-bond acceptors (Lipinski definition) is 4. The number of oxime groups is 1. The molecular weight excluding hydrogens is 220 g/mol. The van der Waals surface area contributed by atoms with Crippen LogP contribution in [0.4, 0.5) is 0 Å². The minimum atomic E-state index is -0.765. The van der Waals surface area contributed by atoms with Crippen LogP contribution in [0.3, 0.4) is 0 Å². The van der Waals surface area contributed by atoms with E-state index in [0.717, 1.165) is 10.8 Å². The fourth-order valence-corrected chi connectivity index (χ4v) is 2.38. The number of rotatable bonds is 2. The molecule has 0 radical (unpaired) electrons. The third kappa shape index (κ3) is 2.56. The molecule has 0 fully saturated rings. The second-order valence-corrected chi connectivity index (χ2v) is 4.92. The van der Waals surface area contributed by atoms with E-state index in [9.17, 15) is 0 Å². The highest BCUT2D eigenvalue weighted by Crippen LogP contribution is 2.28. The van der Waals surface area contributed by atoms with Crippen molar-refractivity contribution in [3.63, 3.8) is 0 Å². The first-order valence-corrected chi connectivity index (χ1v) is 6.03. The van der Waals surface area contributed by atoms with Crippen molar-refractivity contribution in [3.05, 3.63) is 35.9 Å². The van der Waals surface area contributed by atoms with E-state index in [2.05, 4.69) is 23.4 Å². The molecule has 1 unspecified atom stereocenters. The molecule has 1 heterocycles. The van der Waals surface area contributed by atoms with Gasteiger partial charge in [0, 0.05) is 5.75 Å². The average Bonchev–Trinajstić information content (AvgIpc) is 2.71.